The summed E-state index contributed by atoms with van der Waals surface area (Å²) in [6.07, 6.45) is 3.33. The standard InChI is InChI=1S/C24H29N3O/c1-17-18(2)25-24(26-23(17)16-28-3)14-19-10-12-27(13-11-19)22-9-8-20-6-4-5-7-21(20)15-22/h4-9,15,19H,10-14,16H2,1-3H3. The van der Waals surface area contributed by atoms with E-state index in [9.17, 15) is 0 Å². The van der Waals surface area contributed by atoms with E-state index in [1.165, 1.54) is 29.3 Å². The molecular weight excluding hydrogens is 346 g/mol. The number of anilines is 1. The molecule has 0 atom stereocenters. The van der Waals surface area contributed by atoms with Gasteiger partial charge in [-0.2, -0.15) is 0 Å². The quantitative estimate of drug-likeness (QED) is 0.639. The molecule has 146 valence electrons. The summed E-state index contributed by atoms with van der Waals surface area (Å²) in [6.45, 7) is 6.90. The Morgan fingerprint density at radius 3 is 2.50 bits per heavy atom. The summed E-state index contributed by atoms with van der Waals surface area (Å²) in [7, 11) is 1.72. The predicted octanol–water partition coefficient (Wildman–Crippen LogP) is 4.85. The van der Waals surface area contributed by atoms with E-state index in [0.29, 0.717) is 12.5 Å². The maximum absolute atomic E-state index is 5.31. The molecule has 0 spiro atoms. The van der Waals surface area contributed by atoms with Gasteiger partial charge in [-0.05, 0) is 61.1 Å². The average Bonchev–Trinajstić information content (AvgIpc) is 2.72. The first-order valence-corrected chi connectivity index (χ1v) is 10.2. The molecule has 3 aromatic rings. The first-order valence-electron chi connectivity index (χ1n) is 10.2. The Kier molecular flexibility index (Phi) is 5.58. The molecule has 2 heterocycles. The zero-order valence-corrected chi connectivity index (χ0v) is 17.1. The molecule has 0 aliphatic carbocycles. The van der Waals surface area contributed by atoms with Crippen LogP contribution in [0.4, 0.5) is 5.69 Å². The summed E-state index contributed by atoms with van der Waals surface area (Å²) in [5, 5.41) is 2.62. The van der Waals surface area contributed by atoms with Gasteiger partial charge in [0.15, 0.2) is 0 Å². The Bertz CT molecular complexity index is 961. The van der Waals surface area contributed by atoms with Gasteiger partial charge >= 0.3 is 0 Å². The summed E-state index contributed by atoms with van der Waals surface area (Å²) in [6, 6.07) is 15.4. The van der Waals surface area contributed by atoms with Crippen molar-refractivity contribution in [3.05, 3.63) is 65.2 Å². The molecule has 0 amide bonds. The lowest BCUT2D eigenvalue weighted by Gasteiger charge is -2.33. The molecule has 0 unspecified atom stereocenters. The van der Waals surface area contributed by atoms with E-state index in [1.54, 1.807) is 7.11 Å². The van der Waals surface area contributed by atoms with E-state index >= 15 is 0 Å². The lowest BCUT2D eigenvalue weighted by molar-refractivity contribution is 0.180. The number of benzene rings is 2. The largest absolute Gasteiger partial charge is 0.378 e. The highest BCUT2D eigenvalue weighted by Crippen LogP contribution is 2.28. The van der Waals surface area contributed by atoms with E-state index in [2.05, 4.69) is 61.2 Å². The maximum Gasteiger partial charge on any atom is 0.129 e. The highest BCUT2D eigenvalue weighted by molar-refractivity contribution is 5.85. The van der Waals surface area contributed by atoms with Crippen LogP contribution in [0.1, 0.15) is 35.6 Å². The van der Waals surface area contributed by atoms with Crippen molar-refractivity contribution in [2.45, 2.75) is 39.7 Å². The van der Waals surface area contributed by atoms with Crippen LogP contribution in [0.15, 0.2) is 42.5 Å². The van der Waals surface area contributed by atoms with E-state index in [0.717, 1.165) is 42.3 Å². The Morgan fingerprint density at radius 1 is 1.00 bits per heavy atom. The molecule has 2 aromatic carbocycles. The number of hydrogen-bond donors (Lipinski definition) is 0. The van der Waals surface area contributed by atoms with Crippen molar-refractivity contribution in [2.24, 2.45) is 5.92 Å². The molecule has 4 nitrogen and oxygen atoms in total. The lowest BCUT2D eigenvalue weighted by Crippen LogP contribution is -2.34. The van der Waals surface area contributed by atoms with Crippen molar-refractivity contribution in [2.75, 3.05) is 25.1 Å². The van der Waals surface area contributed by atoms with Gasteiger partial charge in [-0.15, -0.1) is 0 Å². The first kappa shape index (κ1) is 18.9. The van der Waals surface area contributed by atoms with Gasteiger partial charge in [0.1, 0.15) is 5.82 Å². The average molecular weight is 376 g/mol. The van der Waals surface area contributed by atoms with Crippen molar-refractivity contribution < 1.29 is 4.74 Å². The summed E-state index contributed by atoms with van der Waals surface area (Å²) in [5.74, 6) is 1.62. The molecular formula is C24H29N3O. The Morgan fingerprint density at radius 2 is 1.75 bits per heavy atom. The van der Waals surface area contributed by atoms with Gasteiger partial charge in [0, 0.05) is 38.0 Å². The first-order chi connectivity index (χ1) is 13.6. The summed E-state index contributed by atoms with van der Waals surface area (Å²) in [4.78, 5) is 12.0. The predicted molar refractivity (Wildman–Crippen MR) is 115 cm³/mol. The fraction of sp³-hybridized carbons (Fsp3) is 0.417. The summed E-state index contributed by atoms with van der Waals surface area (Å²) >= 11 is 0. The molecule has 0 bridgehead atoms. The number of piperidine rings is 1. The molecule has 4 rings (SSSR count). The minimum absolute atomic E-state index is 0.558. The van der Waals surface area contributed by atoms with Crippen LogP contribution in [-0.4, -0.2) is 30.2 Å². The zero-order valence-electron chi connectivity index (χ0n) is 17.1. The minimum Gasteiger partial charge on any atom is -0.378 e. The molecule has 1 saturated heterocycles. The molecule has 0 saturated carbocycles. The second-order valence-corrected chi connectivity index (χ2v) is 7.90. The fourth-order valence-electron chi connectivity index (χ4n) is 4.15. The van der Waals surface area contributed by atoms with Gasteiger partial charge < -0.3 is 9.64 Å². The third-order valence-corrected chi connectivity index (χ3v) is 6.00. The van der Waals surface area contributed by atoms with Crippen LogP contribution >= 0.6 is 0 Å². The fourth-order valence-corrected chi connectivity index (χ4v) is 4.15. The zero-order chi connectivity index (χ0) is 19.5. The third kappa shape index (κ3) is 4.02. The van der Waals surface area contributed by atoms with E-state index in [4.69, 9.17) is 14.7 Å². The number of nitrogens with zero attached hydrogens (tertiary/aromatic N) is 3. The number of ether oxygens (including phenoxy) is 1. The van der Waals surface area contributed by atoms with Gasteiger partial charge in [-0.1, -0.05) is 30.3 Å². The van der Waals surface area contributed by atoms with E-state index in [-0.39, 0.29) is 0 Å². The van der Waals surface area contributed by atoms with Gasteiger partial charge in [0.2, 0.25) is 0 Å². The van der Waals surface area contributed by atoms with Crippen molar-refractivity contribution in [3.8, 4) is 0 Å². The van der Waals surface area contributed by atoms with Crippen LogP contribution < -0.4 is 4.90 Å². The highest BCUT2D eigenvalue weighted by Gasteiger charge is 2.21. The van der Waals surface area contributed by atoms with Crippen molar-refractivity contribution in [1.29, 1.82) is 0 Å². The molecule has 28 heavy (non-hydrogen) atoms. The third-order valence-electron chi connectivity index (χ3n) is 6.00. The Balaban J connectivity index is 1.41. The van der Waals surface area contributed by atoms with Crippen LogP contribution in [0.2, 0.25) is 0 Å². The van der Waals surface area contributed by atoms with Crippen molar-refractivity contribution >= 4 is 16.5 Å². The summed E-state index contributed by atoms with van der Waals surface area (Å²) < 4.78 is 5.31. The molecule has 4 heteroatoms. The Hall–Kier alpha value is -2.46. The van der Waals surface area contributed by atoms with E-state index in [1.807, 2.05) is 0 Å². The molecule has 1 fully saturated rings. The van der Waals surface area contributed by atoms with Crippen molar-refractivity contribution in [1.82, 2.24) is 9.97 Å². The van der Waals surface area contributed by atoms with Crippen LogP contribution in [0.3, 0.4) is 0 Å². The Labute approximate surface area is 167 Å². The monoisotopic (exact) mass is 375 g/mol. The molecule has 0 N–H and O–H groups in total. The topological polar surface area (TPSA) is 38.2 Å². The van der Waals surface area contributed by atoms with Crippen LogP contribution in [0, 0.1) is 19.8 Å². The number of rotatable bonds is 5. The number of fused-ring (bicyclic) bond motifs is 1. The van der Waals surface area contributed by atoms with Crippen molar-refractivity contribution in [3.63, 3.8) is 0 Å². The second kappa shape index (κ2) is 8.27. The number of aryl methyl sites for hydroxylation is 1. The van der Waals surface area contributed by atoms with Crippen LogP contribution in [0.25, 0.3) is 10.8 Å². The SMILES string of the molecule is COCc1nc(CC2CCN(c3ccc4ccccc4c3)CC2)nc(C)c1C. The highest BCUT2D eigenvalue weighted by atomic mass is 16.5. The second-order valence-electron chi connectivity index (χ2n) is 7.90. The number of hydrogen-bond acceptors (Lipinski definition) is 4. The number of methoxy groups -OCH3 is 1. The molecule has 1 aromatic heterocycles. The normalized spacial score (nSPS) is 15.3. The van der Waals surface area contributed by atoms with Gasteiger partial charge in [0.05, 0.1) is 12.3 Å². The smallest absolute Gasteiger partial charge is 0.129 e. The molecule has 0 radical (unpaired) electrons. The van der Waals surface area contributed by atoms with Crippen LogP contribution in [0.5, 0.6) is 0 Å². The summed E-state index contributed by atoms with van der Waals surface area (Å²) in [5.41, 5.74) is 4.59. The minimum atomic E-state index is 0.558. The van der Waals surface area contributed by atoms with Crippen LogP contribution in [-0.2, 0) is 17.8 Å². The lowest BCUT2D eigenvalue weighted by atomic mass is 9.92. The molecule has 1 aliphatic rings. The number of aromatic nitrogens is 2. The van der Waals surface area contributed by atoms with Gasteiger partial charge in [-0.3, -0.25) is 0 Å². The molecule has 1 aliphatic heterocycles. The van der Waals surface area contributed by atoms with Gasteiger partial charge in [0.25, 0.3) is 0 Å². The van der Waals surface area contributed by atoms with Gasteiger partial charge in [-0.25, -0.2) is 9.97 Å². The maximum atomic E-state index is 5.31. The van der Waals surface area contributed by atoms with E-state index < -0.39 is 0 Å².